The molecular weight excluding hydrogens is 144 g/mol. The maximum atomic E-state index is 3.97. The van der Waals surface area contributed by atoms with E-state index in [4.69, 9.17) is 0 Å². The largest absolute Gasteiger partial charge is 0.0958 e. The molecule has 0 spiro atoms. The third-order valence-corrected chi connectivity index (χ3v) is 1.92. The van der Waals surface area contributed by atoms with Crippen molar-refractivity contribution in [3.8, 4) is 0 Å². The molecule has 0 N–H and O–H groups in total. The highest BCUT2D eigenvalue weighted by Crippen LogP contribution is 2.15. The van der Waals surface area contributed by atoms with Crippen molar-refractivity contribution in [1.29, 1.82) is 0 Å². The lowest BCUT2D eigenvalue weighted by molar-refractivity contribution is 0.911. The second-order valence-electron chi connectivity index (χ2n) is 3.23. The van der Waals surface area contributed by atoms with Gasteiger partial charge in [0.15, 0.2) is 0 Å². The summed E-state index contributed by atoms with van der Waals surface area (Å²) < 4.78 is 0. The van der Waals surface area contributed by atoms with E-state index in [2.05, 4.69) is 46.4 Å². The predicted molar refractivity (Wildman–Crippen MR) is 57.2 cm³/mol. The molecule has 0 bridgehead atoms. The van der Waals surface area contributed by atoms with Gasteiger partial charge < -0.3 is 0 Å². The molecule has 0 aliphatic heterocycles. The number of hydrogen-bond acceptors (Lipinski definition) is 0. The first-order valence-corrected chi connectivity index (χ1v) is 4.61. The van der Waals surface area contributed by atoms with E-state index in [1.807, 2.05) is 0 Å². The van der Waals surface area contributed by atoms with Crippen LogP contribution >= 0.6 is 0 Å². The van der Waals surface area contributed by atoms with Crippen molar-refractivity contribution in [1.82, 2.24) is 0 Å². The fourth-order valence-corrected chi connectivity index (χ4v) is 1.04. The molecule has 12 heavy (non-hydrogen) atoms. The zero-order valence-electron chi connectivity index (χ0n) is 8.78. The van der Waals surface area contributed by atoms with Crippen molar-refractivity contribution in [2.24, 2.45) is 0 Å². The minimum Gasteiger partial charge on any atom is -0.0958 e. The fourth-order valence-electron chi connectivity index (χ4n) is 1.04. The molecule has 0 aliphatic carbocycles. The number of allylic oxidation sites excluding steroid dienone is 5. The van der Waals surface area contributed by atoms with Crippen LogP contribution < -0.4 is 0 Å². The van der Waals surface area contributed by atoms with Crippen LogP contribution in [0.15, 0.2) is 35.5 Å². The summed E-state index contributed by atoms with van der Waals surface area (Å²) in [7, 11) is 0. The Labute approximate surface area is 76.7 Å². The summed E-state index contributed by atoms with van der Waals surface area (Å²) in [6.45, 7) is 12.4. The summed E-state index contributed by atoms with van der Waals surface area (Å²) in [6, 6.07) is 0. The monoisotopic (exact) mass is 164 g/mol. The van der Waals surface area contributed by atoms with E-state index in [1.54, 1.807) is 0 Å². The maximum Gasteiger partial charge on any atom is -0.0279 e. The van der Waals surface area contributed by atoms with Crippen LogP contribution in [-0.2, 0) is 0 Å². The third-order valence-electron chi connectivity index (χ3n) is 1.92. The van der Waals surface area contributed by atoms with Gasteiger partial charge in [-0.2, -0.15) is 0 Å². The van der Waals surface area contributed by atoms with Gasteiger partial charge in [0, 0.05) is 0 Å². The van der Waals surface area contributed by atoms with Crippen LogP contribution in [0.4, 0.5) is 0 Å². The highest BCUT2D eigenvalue weighted by atomic mass is 14.0. The van der Waals surface area contributed by atoms with E-state index in [-0.39, 0.29) is 0 Å². The van der Waals surface area contributed by atoms with Crippen LogP contribution in [0.1, 0.15) is 40.5 Å². The summed E-state index contributed by atoms with van der Waals surface area (Å²) in [4.78, 5) is 0. The van der Waals surface area contributed by atoms with Crippen molar-refractivity contribution >= 4 is 0 Å². The molecule has 0 aromatic heterocycles. The average molecular weight is 164 g/mol. The normalized spacial score (nSPS) is 13.3. The van der Waals surface area contributed by atoms with Gasteiger partial charge in [-0.3, -0.25) is 0 Å². The van der Waals surface area contributed by atoms with E-state index in [0.29, 0.717) is 0 Å². The van der Waals surface area contributed by atoms with Gasteiger partial charge in [0.1, 0.15) is 0 Å². The van der Waals surface area contributed by atoms with Crippen LogP contribution in [0.2, 0.25) is 0 Å². The highest BCUT2D eigenvalue weighted by molar-refractivity contribution is 5.33. The minimum absolute atomic E-state index is 1.14. The van der Waals surface area contributed by atoms with Crippen molar-refractivity contribution in [2.45, 2.75) is 40.5 Å². The molecule has 0 fully saturated rings. The molecule has 0 heterocycles. The first-order valence-electron chi connectivity index (χ1n) is 4.61. The van der Waals surface area contributed by atoms with Crippen molar-refractivity contribution in [3.63, 3.8) is 0 Å². The molecule has 0 unspecified atom stereocenters. The standard InChI is InChI=1S/C12H20/c1-6-8-12(10(3)4)9-11(5)7-2/h7,9H,3,6,8H2,1-2,4-5H3/b11-7-,12-9-. The quantitative estimate of drug-likeness (QED) is 0.545. The molecule has 0 saturated carbocycles. The summed E-state index contributed by atoms with van der Waals surface area (Å²) >= 11 is 0. The van der Waals surface area contributed by atoms with Gasteiger partial charge in [-0.05, 0) is 32.8 Å². The maximum absolute atomic E-state index is 3.97. The molecule has 0 saturated heterocycles. The smallest absolute Gasteiger partial charge is 0.0279 e. The van der Waals surface area contributed by atoms with Gasteiger partial charge in [-0.1, -0.05) is 43.2 Å². The Morgan fingerprint density at radius 3 is 2.25 bits per heavy atom. The molecule has 0 radical (unpaired) electrons. The Hall–Kier alpha value is -0.780. The molecule has 0 atom stereocenters. The second kappa shape index (κ2) is 5.82. The summed E-state index contributed by atoms with van der Waals surface area (Å²) in [5, 5.41) is 0. The van der Waals surface area contributed by atoms with E-state index in [9.17, 15) is 0 Å². The molecule has 0 aromatic carbocycles. The summed E-state index contributed by atoms with van der Waals surface area (Å²) in [5.41, 5.74) is 3.90. The van der Waals surface area contributed by atoms with E-state index >= 15 is 0 Å². The van der Waals surface area contributed by atoms with E-state index in [0.717, 1.165) is 6.42 Å². The fraction of sp³-hybridized carbons (Fsp3) is 0.500. The van der Waals surface area contributed by atoms with Crippen LogP contribution in [0.25, 0.3) is 0 Å². The van der Waals surface area contributed by atoms with Gasteiger partial charge in [0.2, 0.25) is 0 Å². The molecular formula is C12H20. The Morgan fingerprint density at radius 1 is 1.33 bits per heavy atom. The molecule has 0 nitrogen and oxygen atoms in total. The SMILES string of the molecule is C=C(C)/C(=C\C(C)=C/C)CCC. The van der Waals surface area contributed by atoms with Gasteiger partial charge in [-0.25, -0.2) is 0 Å². The number of hydrogen-bond donors (Lipinski definition) is 0. The first kappa shape index (κ1) is 11.2. The molecule has 68 valence electrons. The molecule has 0 aliphatic rings. The van der Waals surface area contributed by atoms with Crippen LogP contribution in [0.5, 0.6) is 0 Å². The first-order chi connectivity index (χ1) is 5.61. The minimum atomic E-state index is 1.14. The molecule has 0 rings (SSSR count). The molecule has 0 amide bonds. The van der Waals surface area contributed by atoms with Crippen LogP contribution in [0, 0.1) is 0 Å². The van der Waals surface area contributed by atoms with Gasteiger partial charge in [0.25, 0.3) is 0 Å². The Bertz CT molecular complexity index is 204. The molecule has 0 aromatic rings. The lowest BCUT2D eigenvalue weighted by Gasteiger charge is -2.04. The Morgan fingerprint density at radius 2 is 1.92 bits per heavy atom. The Balaban J connectivity index is 4.49. The van der Waals surface area contributed by atoms with Crippen LogP contribution in [0.3, 0.4) is 0 Å². The lowest BCUT2D eigenvalue weighted by atomic mass is 10.0. The zero-order chi connectivity index (χ0) is 9.56. The zero-order valence-corrected chi connectivity index (χ0v) is 8.78. The highest BCUT2D eigenvalue weighted by Gasteiger charge is 1.95. The second-order valence-corrected chi connectivity index (χ2v) is 3.23. The van der Waals surface area contributed by atoms with E-state index < -0.39 is 0 Å². The van der Waals surface area contributed by atoms with Crippen molar-refractivity contribution in [2.75, 3.05) is 0 Å². The van der Waals surface area contributed by atoms with Gasteiger partial charge in [0.05, 0.1) is 0 Å². The Kier molecular flexibility index (Phi) is 5.44. The van der Waals surface area contributed by atoms with Crippen molar-refractivity contribution in [3.05, 3.63) is 35.5 Å². The summed E-state index contributed by atoms with van der Waals surface area (Å²) in [6.07, 6.45) is 6.68. The average Bonchev–Trinajstić information content (AvgIpc) is 2.03. The summed E-state index contributed by atoms with van der Waals surface area (Å²) in [5.74, 6) is 0. The van der Waals surface area contributed by atoms with Gasteiger partial charge >= 0.3 is 0 Å². The third kappa shape index (κ3) is 4.17. The number of rotatable bonds is 4. The van der Waals surface area contributed by atoms with Crippen molar-refractivity contribution < 1.29 is 0 Å². The molecule has 0 heteroatoms. The lowest BCUT2D eigenvalue weighted by Crippen LogP contribution is -1.84. The topological polar surface area (TPSA) is 0 Å². The predicted octanol–water partition coefficient (Wildman–Crippen LogP) is 4.26. The van der Waals surface area contributed by atoms with Crippen LogP contribution in [-0.4, -0.2) is 0 Å². The van der Waals surface area contributed by atoms with E-state index in [1.165, 1.54) is 23.1 Å². The van der Waals surface area contributed by atoms with Gasteiger partial charge in [-0.15, -0.1) is 0 Å².